The Morgan fingerprint density at radius 3 is 3.00 bits per heavy atom. The third-order valence-electron chi connectivity index (χ3n) is 2.88. The molecule has 0 bridgehead atoms. The fraction of sp³-hybridized carbons (Fsp3) is 0.400. The Labute approximate surface area is 127 Å². The van der Waals surface area contributed by atoms with E-state index in [0.717, 1.165) is 12.8 Å². The molecule has 0 amide bonds. The van der Waals surface area contributed by atoms with E-state index in [2.05, 4.69) is 9.97 Å². The zero-order valence-electron chi connectivity index (χ0n) is 11.9. The van der Waals surface area contributed by atoms with Crippen LogP contribution >= 0.6 is 11.8 Å². The number of carbonyl (C=O) groups is 1. The van der Waals surface area contributed by atoms with Crippen LogP contribution in [0.25, 0.3) is 10.9 Å². The Balaban J connectivity index is 1.89. The van der Waals surface area contributed by atoms with Gasteiger partial charge in [0.2, 0.25) is 0 Å². The quantitative estimate of drug-likeness (QED) is 0.628. The lowest BCUT2D eigenvalue weighted by Gasteiger charge is -2.04. The number of thioether (sulfide) groups is 1. The summed E-state index contributed by atoms with van der Waals surface area (Å²) in [4.78, 5) is 30.4. The van der Waals surface area contributed by atoms with E-state index in [1.54, 1.807) is 18.2 Å². The first-order chi connectivity index (χ1) is 10.2. The van der Waals surface area contributed by atoms with Gasteiger partial charge in [-0.2, -0.15) is 0 Å². The highest BCUT2D eigenvalue weighted by atomic mass is 32.2. The summed E-state index contributed by atoms with van der Waals surface area (Å²) in [6.45, 7) is 2.52. The van der Waals surface area contributed by atoms with Gasteiger partial charge in [-0.05, 0) is 18.6 Å². The molecule has 21 heavy (non-hydrogen) atoms. The summed E-state index contributed by atoms with van der Waals surface area (Å²) in [5, 5.41) is 0.574. The van der Waals surface area contributed by atoms with Gasteiger partial charge in [0.1, 0.15) is 5.82 Å². The van der Waals surface area contributed by atoms with Crippen molar-refractivity contribution in [3.8, 4) is 0 Å². The number of nitrogens with one attached hydrogen (secondary N) is 1. The van der Waals surface area contributed by atoms with E-state index in [1.165, 1.54) is 11.8 Å². The maximum absolute atomic E-state index is 11.9. The smallest absolute Gasteiger partial charge is 0.315 e. The standard InChI is InChI=1S/C15H18N2O3S/c1-2-3-8-20-14(18)10-21-9-13-16-12-7-5-4-6-11(12)15(19)17-13/h4-7H,2-3,8-10H2,1H3,(H,16,17,19). The zero-order valence-corrected chi connectivity index (χ0v) is 12.7. The molecule has 112 valence electrons. The van der Waals surface area contributed by atoms with Crippen LogP contribution < -0.4 is 5.56 Å². The van der Waals surface area contributed by atoms with Crippen LogP contribution in [0.4, 0.5) is 0 Å². The third-order valence-corrected chi connectivity index (χ3v) is 3.80. The summed E-state index contributed by atoms with van der Waals surface area (Å²) in [6, 6.07) is 7.19. The van der Waals surface area contributed by atoms with Crippen LogP contribution in [0.15, 0.2) is 29.1 Å². The van der Waals surface area contributed by atoms with E-state index >= 15 is 0 Å². The van der Waals surface area contributed by atoms with E-state index in [9.17, 15) is 9.59 Å². The van der Waals surface area contributed by atoms with Crippen molar-refractivity contribution < 1.29 is 9.53 Å². The second-order valence-electron chi connectivity index (χ2n) is 4.60. The second-order valence-corrected chi connectivity index (χ2v) is 5.58. The highest BCUT2D eigenvalue weighted by molar-refractivity contribution is 7.99. The van der Waals surface area contributed by atoms with Gasteiger partial charge < -0.3 is 9.72 Å². The number of nitrogens with zero attached hydrogens (tertiary/aromatic N) is 1. The van der Waals surface area contributed by atoms with Crippen molar-refractivity contribution >= 4 is 28.6 Å². The second kappa shape index (κ2) is 7.83. The molecule has 2 rings (SSSR count). The van der Waals surface area contributed by atoms with E-state index in [-0.39, 0.29) is 17.3 Å². The number of unbranched alkanes of at least 4 members (excludes halogenated alkanes) is 1. The minimum atomic E-state index is -0.225. The molecule has 2 aromatic rings. The molecule has 0 atom stereocenters. The molecule has 0 aliphatic heterocycles. The topological polar surface area (TPSA) is 72.0 Å². The van der Waals surface area contributed by atoms with E-state index < -0.39 is 0 Å². The lowest BCUT2D eigenvalue weighted by Crippen LogP contribution is -2.12. The minimum absolute atomic E-state index is 0.151. The van der Waals surface area contributed by atoms with E-state index in [1.807, 2.05) is 13.0 Å². The summed E-state index contributed by atoms with van der Waals surface area (Å²) < 4.78 is 5.06. The third kappa shape index (κ3) is 4.60. The molecule has 0 unspecified atom stereocenters. The summed E-state index contributed by atoms with van der Waals surface area (Å²) in [7, 11) is 0. The maximum atomic E-state index is 11.9. The van der Waals surface area contributed by atoms with Gasteiger partial charge in [0, 0.05) is 0 Å². The Morgan fingerprint density at radius 2 is 2.19 bits per heavy atom. The van der Waals surface area contributed by atoms with Gasteiger partial charge in [-0.1, -0.05) is 25.5 Å². The summed E-state index contributed by atoms with van der Waals surface area (Å²) in [5.74, 6) is 1.09. The van der Waals surface area contributed by atoms with Crippen LogP contribution in [0.3, 0.4) is 0 Å². The van der Waals surface area contributed by atoms with Crippen LogP contribution in [0.2, 0.25) is 0 Å². The van der Waals surface area contributed by atoms with E-state index in [0.29, 0.717) is 29.1 Å². The van der Waals surface area contributed by atoms with Crippen molar-refractivity contribution in [2.75, 3.05) is 12.4 Å². The normalized spacial score (nSPS) is 10.7. The first kappa shape index (κ1) is 15.6. The predicted octanol–water partition coefficient (Wildman–Crippen LogP) is 2.50. The number of para-hydroxylation sites is 1. The van der Waals surface area contributed by atoms with Gasteiger partial charge >= 0.3 is 5.97 Å². The molecule has 0 aliphatic carbocycles. The molecule has 0 radical (unpaired) electrons. The fourth-order valence-corrected chi connectivity index (χ4v) is 2.49. The monoisotopic (exact) mass is 306 g/mol. The molecule has 0 saturated carbocycles. The number of hydrogen-bond donors (Lipinski definition) is 1. The fourth-order valence-electron chi connectivity index (χ4n) is 1.81. The van der Waals surface area contributed by atoms with Gasteiger partial charge in [-0.25, -0.2) is 4.98 Å². The Hall–Kier alpha value is -1.82. The molecule has 6 heteroatoms. The lowest BCUT2D eigenvalue weighted by atomic mass is 10.2. The van der Waals surface area contributed by atoms with Crippen LogP contribution in [-0.4, -0.2) is 28.3 Å². The van der Waals surface area contributed by atoms with Crippen molar-refractivity contribution in [1.82, 2.24) is 9.97 Å². The molecule has 1 aromatic heterocycles. The number of aromatic nitrogens is 2. The first-order valence-corrected chi connectivity index (χ1v) is 8.07. The molecular formula is C15H18N2O3S. The molecule has 5 nitrogen and oxygen atoms in total. The lowest BCUT2D eigenvalue weighted by molar-refractivity contribution is -0.140. The maximum Gasteiger partial charge on any atom is 0.315 e. The van der Waals surface area contributed by atoms with Crippen LogP contribution in [0.1, 0.15) is 25.6 Å². The minimum Gasteiger partial charge on any atom is -0.465 e. The molecular weight excluding hydrogens is 288 g/mol. The number of aromatic amines is 1. The summed E-state index contributed by atoms with van der Waals surface area (Å²) in [6.07, 6.45) is 1.89. The summed E-state index contributed by atoms with van der Waals surface area (Å²) >= 11 is 1.38. The van der Waals surface area contributed by atoms with Gasteiger partial charge in [0.05, 0.1) is 29.0 Å². The number of esters is 1. The number of hydrogen-bond acceptors (Lipinski definition) is 5. The highest BCUT2D eigenvalue weighted by Gasteiger charge is 2.06. The zero-order chi connectivity index (χ0) is 15.1. The molecule has 0 saturated heterocycles. The van der Waals surface area contributed by atoms with Gasteiger partial charge in [0.25, 0.3) is 5.56 Å². The average Bonchev–Trinajstić information content (AvgIpc) is 2.48. The van der Waals surface area contributed by atoms with Crippen molar-refractivity contribution in [3.63, 3.8) is 0 Å². The SMILES string of the molecule is CCCCOC(=O)CSCc1nc2ccccc2c(=O)[nH]1. The Bertz CT molecular complexity index is 669. The Kier molecular flexibility index (Phi) is 5.80. The molecule has 0 aliphatic rings. The highest BCUT2D eigenvalue weighted by Crippen LogP contribution is 2.11. The molecule has 1 aromatic carbocycles. The first-order valence-electron chi connectivity index (χ1n) is 6.92. The number of H-pyrrole nitrogens is 1. The van der Waals surface area contributed by atoms with Crippen LogP contribution in [-0.2, 0) is 15.3 Å². The average molecular weight is 306 g/mol. The molecule has 0 fully saturated rings. The van der Waals surface area contributed by atoms with Crippen molar-refractivity contribution in [1.29, 1.82) is 0 Å². The number of carbonyl (C=O) groups excluding carboxylic acids is 1. The van der Waals surface area contributed by atoms with Crippen molar-refractivity contribution in [2.45, 2.75) is 25.5 Å². The molecule has 1 N–H and O–H groups in total. The number of rotatable bonds is 7. The Morgan fingerprint density at radius 1 is 1.38 bits per heavy atom. The predicted molar refractivity (Wildman–Crippen MR) is 84.4 cm³/mol. The van der Waals surface area contributed by atoms with E-state index in [4.69, 9.17) is 4.74 Å². The van der Waals surface area contributed by atoms with Crippen molar-refractivity contribution in [2.24, 2.45) is 0 Å². The number of benzene rings is 1. The largest absolute Gasteiger partial charge is 0.465 e. The van der Waals surface area contributed by atoms with Crippen molar-refractivity contribution in [3.05, 3.63) is 40.4 Å². The molecule has 0 spiro atoms. The molecule has 1 heterocycles. The van der Waals surface area contributed by atoms with Crippen LogP contribution in [0.5, 0.6) is 0 Å². The number of fused-ring (bicyclic) bond motifs is 1. The van der Waals surface area contributed by atoms with Crippen LogP contribution in [0, 0.1) is 0 Å². The van der Waals surface area contributed by atoms with Gasteiger partial charge in [-0.3, -0.25) is 9.59 Å². The van der Waals surface area contributed by atoms with Gasteiger partial charge in [-0.15, -0.1) is 11.8 Å². The van der Waals surface area contributed by atoms with Gasteiger partial charge in [0.15, 0.2) is 0 Å². The summed E-state index contributed by atoms with van der Waals surface area (Å²) in [5.41, 5.74) is 0.518. The number of ether oxygens (including phenoxy) is 1.